The Morgan fingerprint density at radius 2 is 1.25 bits per heavy atom. The Labute approximate surface area is 318 Å². The van der Waals surface area contributed by atoms with Crippen LogP contribution in [0.2, 0.25) is 0 Å². The Balaban J connectivity index is -0.000000623. The van der Waals surface area contributed by atoms with Gasteiger partial charge >= 0.3 is 6.03 Å². The van der Waals surface area contributed by atoms with E-state index in [1.54, 1.807) is 13.8 Å². The van der Waals surface area contributed by atoms with Gasteiger partial charge in [-0.2, -0.15) is 0 Å². The lowest BCUT2D eigenvalue weighted by Gasteiger charge is -2.24. The minimum atomic E-state index is -0.939. The van der Waals surface area contributed by atoms with Crippen LogP contribution in [0.15, 0.2) is 30.3 Å². The number of nitrogens with two attached hydrogens (primary N) is 2. The molecule has 0 aromatic heterocycles. The minimum Gasteiger partial charge on any atom is -0.463 e. The van der Waals surface area contributed by atoms with E-state index in [0.717, 1.165) is 12.1 Å². The van der Waals surface area contributed by atoms with Crippen LogP contribution in [0.3, 0.4) is 0 Å². The van der Waals surface area contributed by atoms with E-state index < -0.39 is 29.9 Å². The first-order chi connectivity index (χ1) is 25.6. The Kier molecular flexibility index (Phi) is 46.8. The number of ether oxygens (including phenoxy) is 5. The van der Waals surface area contributed by atoms with Gasteiger partial charge in [0.05, 0.1) is 52.9 Å². The van der Waals surface area contributed by atoms with Gasteiger partial charge in [-0.3, -0.25) is 19.2 Å². The molecule has 0 bridgehead atoms. The fraction of sp³-hybridized carbons (Fsp3) is 0.703. The zero-order chi connectivity index (χ0) is 41.1. The van der Waals surface area contributed by atoms with Crippen LogP contribution in [0.4, 0.5) is 4.79 Å². The second-order valence-electron chi connectivity index (χ2n) is 10.4. The molecule has 0 saturated carbocycles. The van der Waals surface area contributed by atoms with Gasteiger partial charge in [0.1, 0.15) is 18.7 Å². The Morgan fingerprint density at radius 3 is 1.70 bits per heavy atom. The molecule has 1 aromatic carbocycles. The predicted octanol–water partition coefficient (Wildman–Crippen LogP) is 2.66. The first-order valence-electron chi connectivity index (χ1n) is 18.6. The van der Waals surface area contributed by atoms with Crippen molar-refractivity contribution in [3.05, 3.63) is 35.9 Å². The summed E-state index contributed by atoms with van der Waals surface area (Å²) in [6.07, 6.45) is 0.661. The molecule has 0 saturated heterocycles. The van der Waals surface area contributed by atoms with Crippen LogP contribution in [0, 0.1) is 5.92 Å². The van der Waals surface area contributed by atoms with Gasteiger partial charge in [-0.05, 0) is 31.4 Å². The number of hydrogen-bond donors (Lipinski definition) is 6. The molecule has 1 aromatic rings. The maximum absolute atomic E-state index is 12.7. The normalized spacial score (nSPS) is 10.8. The number of nitrogens with one attached hydrogen (secondary N) is 4. The van der Waals surface area contributed by atoms with Gasteiger partial charge < -0.3 is 56.4 Å². The third-order valence-electron chi connectivity index (χ3n) is 6.14. The molecule has 0 aliphatic carbocycles. The largest absolute Gasteiger partial charge is 0.463 e. The third kappa shape index (κ3) is 39.2. The van der Waals surface area contributed by atoms with E-state index in [2.05, 4.69) is 26.0 Å². The molecule has 1 rings (SSSR count). The zero-order valence-electron chi connectivity index (χ0n) is 33.8. The van der Waals surface area contributed by atoms with Gasteiger partial charge in [-0.15, -0.1) is 0 Å². The van der Waals surface area contributed by atoms with Crippen molar-refractivity contribution >= 4 is 30.2 Å². The first kappa shape index (κ1) is 55.9. The summed E-state index contributed by atoms with van der Waals surface area (Å²) in [4.78, 5) is 57.2. The van der Waals surface area contributed by atoms with Gasteiger partial charge in [-0.25, -0.2) is 4.79 Å². The van der Waals surface area contributed by atoms with Crippen LogP contribution in [0.1, 0.15) is 80.2 Å². The lowest BCUT2D eigenvalue weighted by Crippen LogP contribution is -2.54. The van der Waals surface area contributed by atoms with Crippen molar-refractivity contribution in [2.75, 3.05) is 73.0 Å². The van der Waals surface area contributed by atoms with Crippen molar-refractivity contribution in [3.8, 4) is 0 Å². The summed E-state index contributed by atoms with van der Waals surface area (Å²) in [7, 11) is 1.86. The quantitative estimate of drug-likeness (QED) is 0.0564. The van der Waals surface area contributed by atoms with E-state index in [-0.39, 0.29) is 37.8 Å². The molecule has 0 radical (unpaired) electrons. The molecule has 0 spiro atoms. The standard InChI is InChI=1S/C23H46N6O8.C8H8O2.3C2H6/c1-17(2)20(22(32)28-18(21(24)31)5-4-7-27-23(25)33)29-19(30)6-9-34-11-13-36-15-16-37-14-12-35-10-8-26-3;9-7-10-6-8-4-2-1-3-5-8;3*1-2/h17-18,20,26H,4-16H2,1-3H3,(H2,24,31)(H,28,32)(H,29,30)(H3,25,27,33);1-5,7H,6H2;3*1-2H3. The molecular formula is C37H72N6O10. The fourth-order valence-electron chi connectivity index (χ4n) is 3.65. The number of amides is 5. The van der Waals surface area contributed by atoms with Crippen molar-refractivity contribution in [1.29, 1.82) is 0 Å². The van der Waals surface area contributed by atoms with E-state index in [1.165, 1.54) is 0 Å². The van der Waals surface area contributed by atoms with Crippen molar-refractivity contribution in [2.24, 2.45) is 17.4 Å². The van der Waals surface area contributed by atoms with Crippen LogP contribution in [0.5, 0.6) is 0 Å². The van der Waals surface area contributed by atoms with E-state index in [9.17, 15) is 24.0 Å². The summed E-state index contributed by atoms with van der Waals surface area (Å²) in [5.41, 5.74) is 11.4. The third-order valence-corrected chi connectivity index (χ3v) is 6.14. The molecule has 0 aliphatic heterocycles. The van der Waals surface area contributed by atoms with Gasteiger partial charge in [0.15, 0.2) is 0 Å². The molecule has 8 N–H and O–H groups in total. The molecule has 0 aliphatic rings. The molecule has 2 atom stereocenters. The lowest BCUT2D eigenvalue weighted by molar-refractivity contribution is -0.132. The summed E-state index contributed by atoms with van der Waals surface area (Å²) >= 11 is 0. The second-order valence-corrected chi connectivity index (χ2v) is 10.4. The SMILES string of the molecule is CC.CC.CC.CNCCOCCOCCOCCOCCC(=O)NC(C(=O)NC(CCCNC(N)=O)C(N)=O)C(C)C.O=COCc1ccccc1. The van der Waals surface area contributed by atoms with Gasteiger partial charge in [0.2, 0.25) is 17.7 Å². The summed E-state index contributed by atoms with van der Waals surface area (Å²) in [5.74, 6) is -1.82. The number of carbonyl (C=O) groups is 5. The summed E-state index contributed by atoms with van der Waals surface area (Å²) in [6.45, 7) is 20.8. The molecular weight excluding hydrogens is 688 g/mol. The first-order valence-corrected chi connectivity index (χ1v) is 18.6. The van der Waals surface area contributed by atoms with Gasteiger partial charge in [-0.1, -0.05) is 85.7 Å². The summed E-state index contributed by atoms with van der Waals surface area (Å²) < 4.78 is 26.0. The van der Waals surface area contributed by atoms with E-state index in [4.69, 9.17) is 30.4 Å². The highest BCUT2D eigenvalue weighted by Crippen LogP contribution is 2.05. The van der Waals surface area contributed by atoms with Gasteiger partial charge in [0.25, 0.3) is 6.47 Å². The minimum absolute atomic E-state index is 0.0607. The predicted molar refractivity (Wildman–Crippen MR) is 208 cm³/mol. The number of urea groups is 1. The number of likely N-dealkylation sites (N-methyl/N-ethyl adjacent to an activating group) is 1. The average molecular weight is 761 g/mol. The number of benzene rings is 1. The maximum atomic E-state index is 12.7. The van der Waals surface area contributed by atoms with Crippen molar-refractivity contribution < 1.29 is 47.7 Å². The van der Waals surface area contributed by atoms with E-state index in [0.29, 0.717) is 65.7 Å². The molecule has 53 heavy (non-hydrogen) atoms. The number of hydrogen-bond acceptors (Lipinski definition) is 11. The Hall–Kier alpha value is -3.83. The highest BCUT2D eigenvalue weighted by atomic mass is 16.6. The molecule has 2 unspecified atom stereocenters. The van der Waals surface area contributed by atoms with Crippen LogP contribution < -0.4 is 32.7 Å². The Bertz CT molecular complexity index is 990. The fourth-order valence-corrected chi connectivity index (χ4v) is 3.65. The molecule has 0 fully saturated rings. The van der Waals surface area contributed by atoms with Crippen LogP contribution in [0.25, 0.3) is 0 Å². The van der Waals surface area contributed by atoms with Crippen molar-refractivity contribution in [3.63, 3.8) is 0 Å². The number of rotatable bonds is 27. The lowest BCUT2D eigenvalue weighted by atomic mass is 10.0. The molecule has 16 nitrogen and oxygen atoms in total. The van der Waals surface area contributed by atoms with E-state index >= 15 is 0 Å². The summed E-state index contributed by atoms with van der Waals surface area (Å²) in [6, 6.07) is 7.08. The molecule has 16 heteroatoms. The van der Waals surface area contributed by atoms with Crippen LogP contribution in [-0.2, 0) is 49.5 Å². The second kappa shape index (κ2) is 44.3. The Morgan fingerprint density at radius 1 is 0.736 bits per heavy atom. The molecule has 310 valence electrons. The van der Waals surface area contributed by atoms with Gasteiger partial charge in [0, 0.05) is 19.5 Å². The number of primary amides is 2. The smallest absolute Gasteiger partial charge is 0.312 e. The topological polar surface area (TPSA) is 232 Å². The van der Waals surface area contributed by atoms with E-state index in [1.807, 2.05) is 78.9 Å². The molecule has 5 amide bonds. The monoisotopic (exact) mass is 761 g/mol. The van der Waals surface area contributed by atoms with Crippen molar-refractivity contribution in [1.82, 2.24) is 21.3 Å². The maximum Gasteiger partial charge on any atom is 0.312 e. The zero-order valence-corrected chi connectivity index (χ0v) is 33.8. The summed E-state index contributed by atoms with van der Waals surface area (Å²) in [5, 5.41) is 10.6. The van der Waals surface area contributed by atoms with Crippen LogP contribution >= 0.6 is 0 Å². The van der Waals surface area contributed by atoms with Crippen molar-refractivity contribution in [2.45, 2.75) is 93.3 Å². The highest BCUT2D eigenvalue weighted by molar-refractivity contribution is 5.91. The van der Waals surface area contributed by atoms with Crippen LogP contribution in [-0.4, -0.2) is 115 Å². The average Bonchev–Trinajstić information content (AvgIpc) is 3.17. The number of carbonyl (C=O) groups excluding carboxylic acids is 5. The molecule has 0 heterocycles. The highest BCUT2D eigenvalue weighted by Gasteiger charge is 2.27.